The van der Waals surface area contributed by atoms with E-state index in [9.17, 15) is 9.59 Å². The molecule has 8 nitrogen and oxygen atoms in total. The van der Waals surface area contributed by atoms with Gasteiger partial charge < -0.3 is 14.4 Å². The van der Waals surface area contributed by atoms with E-state index in [2.05, 4.69) is 14.8 Å². The summed E-state index contributed by atoms with van der Waals surface area (Å²) in [6.07, 6.45) is 0.877. The van der Waals surface area contributed by atoms with Gasteiger partial charge in [-0.1, -0.05) is 12.1 Å². The highest BCUT2D eigenvalue weighted by Gasteiger charge is 2.27. The second-order valence-electron chi connectivity index (χ2n) is 8.18. The molecule has 2 atom stereocenters. The van der Waals surface area contributed by atoms with Crippen molar-refractivity contribution in [3.63, 3.8) is 0 Å². The molecule has 4 rings (SSSR count). The van der Waals surface area contributed by atoms with E-state index in [1.54, 1.807) is 12.1 Å². The summed E-state index contributed by atoms with van der Waals surface area (Å²) >= 11 is 0. The molecule has 2 aliphatic heterocycles. The van der Waals surface area contributed by atoms with Gasteiger partial charge in [0.05, 0.1) is 17.9 Å². The summed E-state index contributed by atoms with van der Waals surface area (Å²) in [5.74, 6) is 0.849. The molecular weight excluding hydrogens is 384 g/mol. The van der Waals surface area contributed by atoms with Gasteiger partial charge in [0, 0.05) is 45.2 Å². The average Bonchev–Trinajstić information content (AvgIpc) is 2.68. The Labute approximate surface area is 175 Å². The van der Waals surface area contributed by atoms with Gasteiger partial charge in [-0.2, -0.15) is 0 Å². The van der Waals surface area contributed by atoms with E-state index in [0.717, 1.165) is 29.9 Å². The molecule has 1 saturated heterocycles. The van der Waals surface area contributed by atoms with Crippen LogP contribution < -0.4 is 15.2 Å². The molecule has 1 fully saturated rings. The summed E-state index contributed by atoms with van der Waals surface area (Å²) in [4.78, 5) is 35.9. The first-order valence-corrected chi connectivity index (χ1v) is 10.4. The highest BCUT2D eigenvalue weighted by Crippen LogP contribution is 2.21. The van der Waals surface area contributed by atoms with Crippen LogP contribution in [0.5, 0.6) is 5.75 Å². The maximum atomic E-state index is 12.7. The molecule has 3 heterocycles. The lowest BCUT2D eigenvalue weighted by Gasteiger charge is -2.36. The number of morpholine rings is 1. The Morgan fingerprint density at radius 1 is 1.23 bits per heavy atom. The Kier molecular flexibility index (Phi) is 5.87. The third-order valence-electron chi connectivity index (χ3n) is 5.45. The molecule has 1 aromatic heterocycles. The Morgan fingerprint density at radius 3 is 2.60 bits per heavy atom. The van der Waals surface area contributed by atoms with Crippen molar-refractivity contribution in [2.24, 2.45) is 0 Å². The van der Waals surface area contributed by atoms with Crippen molar-refractivity contribution in [3.8, 4) is 5.75 Å². The van der Waals surface area contributed by atoms with Crippen LogP contribution in [0.4, 0.5) is 5.95 Å². The van der Waals surface area contributed by atoms with Crippen molar-refractivity contribution in [2.75, 3.05) is 24.5 Å². The Bertz CT molecular complexity index is 962. The number of nitrogens with one attached hydrogen (secondary N) is 1. The predicted molar refractivity (Wildman–Crippen MR) is 113 cm³/mol. The fourth-order valence-corrected chi connectivity index (χ4v) is 4.20. The normalized spacial score (nSPS) is 21.9. The summed E-state index contributed by atoms with van der Waals surface area (Å²) < 4.78 is 10.9. The number of anilines is 1. The van der Waals surface area contributed by atoms with Gasteiger partial charge in [-0.25, -0.2) is 4.98 Å². The predicted octanol–water partition coefficient (Wildman–Crippen LogP) is 1.87. The molecule has 2 aromatic rings. The zero-order valence-electron chi connectivity index (χ0n) is 17.7. The average molecular weight is 412 g/mol. The van der Waals surface area contributed by atoms with Crippen molar-refractivity contribution in [3.05, 3.63) is 51.4 Å². The number of benzene rings is 1. The molecule has 2 aliphatic rings. The van der Waals surface area contributed by atoms with Crippen molar-refractivity contribution < 1.29 is 14.3 Å². The highest BCUT2D eigenvalue weighted by atomic mass is 16.5. The van der Waals surface area contributed by atoms with Gasteiger partial charge in [-0.3, -0.25) is 19.5 Å². The summed E-state index contributed by atoms with van der Waals surface area (Å²) in [7, 11) is 0. The maximum absolute atomic E-state index is 12.7. The molecule has 0 amide bonds. The van der Waals surface area contributed by atoms with Crippen LogP contribution >= 0.6 is 0 Å². The summed E-state index contributed by atoms with van der Waals surface area (Å²) in [5, 5.41) is 0. The van der Waals surface area contributed by atoms with Crippen LogP contribution in [0, 0.1) is 0 Å². The fraction of sp³-hybridized carbons (Fsp3) is 0.500. The molecule has 30 heavy (non-hydrogen) atoms. The van der Waals surface area contributed by atoms with E-state index in [1.807, 2.05) is 26.0 Å². The third-order valence-corrected chi connectivity index (χ3v) is 5.45. The lowest BCUT2D eigenvalue weighted by Crippen LogP contribution is -2.47. The van der Waals surface area contributed by atoms with Gasteiger partial charge in [0.25, 0.3) is 5.56 Å². The second kappa shape index (κ2) is 8.57. The molecule has 0 spiro atoms. The van der Waals surface area contributed by atoms with Crippen LogP contribution in [-0.2, 0) is 29.0 Å². The first-order chi connectivity index (χ1) is 14.4. The molecule has 8 heteroatoms. The molecular formula is C22H28N4O4. The Morgan fingerprint density at radius 2 is 1.93 bits per heavy atom. The van der Waals surface area contributed by atoms with Gasteiger partial charge in [0.1, 0.15) is 5.75 Å². The molecule has 0 radical (unpaired) electrons. The van der Waals surface area contributed by atoms with Crippen LogP contribution in [0.25, 0.3) is 0 Å². The Hall–Kier alpha value is -2.71. The topological polar surface area (TPSA) is 87.8 Å². The van der Waals surface area contributed by atoms with Crippen molar-refractivity contribution in [1.29, 1.82) is 0 Å². The van der Waals surface area contributed by atoms with E-state index in [1.165, 1.54) is 6.92 Å². The van der Waals surface area contributed by atoms with Crippen LogP contribution in [0.15, 0.2) is 29.1 Å². The van der Waals surface area contributed by atoms with Gasteiger partial charge >= 0.3 is 5.97 Å². The molecule has 160 valence electrons. The Balaban J connectivity index is 1.48. The maximum Gasteiger partial charge on any atom is 0.308 e. The first kappa shape index (κ1) is 20.6. The molecule has 0 aliphatic carbocycles. The van der Waals surface area contributed by atoms with Crippen LogP contribution in [0.1, 0.15) is 37.6 Å². The van der Waals surface area contributed by atoms with Gasteiger partial charge in [0.2, 0.25) is 5.95 Å². The van der Waals surface area contributed by atoms with Crippen molar-refractivity contribution in [1.82, 2.24) is 14.9 Å². The number of rotatable bonds is 4. The van der Waals surface area contributed by atoms with Crippen LogP contribution in [0.3, 0.4) is 0 Å². The number of hydrogen-bond donors (Lipinski definition) is 1. The molecule has 0 bridgehead atoms. The zero-order chi connectivity index (χ0) is 21.3. The van der Waals surface area contributed by atoms with E-state index in [0.29, 0.717) is 37.8 Å². The number of carbonyl (C=O) groups is 1. The largest absolute Gasteiger partial charge is 0.427 e. The number of H-pyrrole nitrogens is 1. The number of fused-ring (bicyclic) bond motifs is 1. The van der Waals surface area contributed by atoms with E-state index < -0.39 is 0 Å². The lowest BCUT2D eigenvalue weighted by molar-refractivity contribution is -0.131. The van der Waals surface area contributed by atoms with E-state index in [-0.39, 0.29) is 23.7 Å². The highest BCUT2D eigenvalue weighted by molar-refractivity contribution is 5.69. The number of hydrogen-bond acceptors (Lipinski definition) is 7. The van der Waals surface area contributed by atoms with Crippen LogP contribution in [0.2, 0.25) is 0 Å². The summed E-state index contributed by atoms with van der Waals surface area (Å²) in [6.45, 7) is 9.06. The number of aromatic nitrogens is 2. The van der Waals surface area contributed by atoms with E-state index in [4.69, 9.17) is 14.5 Å². The number of aromatic amines is 1. The second-order valence-corrected chi connectivity index (χ2v) is 8.18. The van der Waals surface area contributed by atoms with Gasteiger partial charge in [-0.15, -0.1) is 0 Å². The van der Waals surface area contributed by atoms with E-state index >= 15 is 0 Å². The monoisotopic (exact) mass is 412 g/mol. The first-order valence-electron chi connectivity index (χ1n) is 10.4. The van der Waals surface area contributed by atoms with Crippen LogP contribution in [-0.4, -0.2) is 52.7 Å². The minimum atomic E-state index is -0.327. The summed E-state index contributed by atoms with van der Waals surface area (Å²) in [5.41, 5.74) is 2.72. The number of nitrogens with zero attached hydrogens (tertiary/aromatic N) is 3. The molecule has 0 saturated carbocycles. The minimum Gasteiger partial charge on any atom is -0.427 e. The molecule has 0 unspecified atom stereocenters. The third kappa shape index (κ3) is 4.71. The standard InChI is InChI=1S/C22H28N4O4/c1-14-10-26(11-15(2)29-14)22-23-20-13-25(9-8-19(20)21(28)24-22)12-17-4-6-18(7-5-17)30-16(3)27/h4-7,14-15H,8-13H2,1-3H3,(H,23,24,28)/t14-,15-/m1/s1. The van der Waals surface area contributed by atoms with Crippen molar-refractivity contribution in [2.45, 2.75) is 52.5 Å². The smallest absolute Gasteiger partial charge is 0.308 e. The van der Waals surface area contributed by atoms with Gasteiger partial charge in [0.15, 0.2) is 0 Å². The quantitative estimate of drug-likeness (QED) is 0.606. The number of esters is 1. The SMILES string of the molecule is CC(=O)Oc1ccc(CN2CCc3c(nc(N4C[C@@H](C)O[C@H](C)C4)[nH]c3=O)C2)cc1. The number of carbonyl (C=O) groups excluding carboxylic acids is 1. The van der Waals surface area contributed by atoms with Gasteiger partial charge in [-0.05, 0) is 38.0 Å². The van der Waals surface area contributed by atoms with Crippen molar-refractivity contribution >= 4 is 11.9 Å². The number of ether oxygens (including phenoxy) is 2. The lowest BCUT2D eigenvalue weighted by atomic mass is 10.1. The molecule has 1 aromatic carbocycles. The zero-order valence-corrected chi connectivity index (χ0v) is 17.7. The molecule has 1 N–H and O–H groups in total. The fourth-order valence-electron chi connectivity index (χ4n) is 4.20. The minimum absolute atomic E-state index is 0.0350. The summed E-state index contributed by atoms with van der Waals surface area (Å²) in [6, 6.07) is 7.52.